The number of ketones is 3. The fraction of sp³-hybridized carbons (Fsp3) is 0.738. The van der Waals surface area contributed by atoms with Crippen molar-refractivity contribution in [3.05, 3.63) is 36.0 Å². The molecule has 14 heteroatoms. The van der Waals surface area contributed by atoms with Crippen LogP contribution in [0.15, 0.2) is 36.0 Å². The van der Waals surface area contributed by atoms with Gasteiger partial charge in [-0.3, -0.25) is 24.0 Å². The molecule has 7 fully saturated rings. The van der Waals surface area contributed by atoms with E-state index < -0.39 is 46.4 Å². The van der Waals surface area contributed by atoms with E-state index >= 15 is 0 Å². The molecular formula is C42H60O14. The minimum atomic E-state index is -1.31. The fourth-order valence-corrected chi connectivity index (χ4v) is 9.68. The number of ether oxygens (including phenoxy) is 7. The molecule has 3 saturated carbocycles. The number of allylic oxidation sites excluding steroid dienone is 3. The van der Waals surface area contributed by atoms with Crippen molar-refractivity contribution in [3.8, 4) is 0 Å². The van der Waals surface area contributed by atoms with Crippen LogP contribution in [0.2, 0.25) is 0 Å². The molecule has 4 aliphatic heterocycles. The lowest BCUT2D eigenvalue weighted by molar-refractivity contribution is -0.150. The van der Waals surface area contributed by atoms with Gasteiger partial charge in [-0.2, -0.15) is 0 Å². The first kappa shape index (κ1) is 44.3. The second-order valence-electron chi connectivity index (χ2n) is 17.1. The topological polar surface area (TPSA) is 204 Å². The summed E-state index contributed by atoms with van der Waals surface area (Å²) in [5.74, 6) is -0.792. The largest absolute Gasteiger partial charge is 0.386 e. The fourth-order valence-electron chi connectivity index (χ4n) is 9.68. The van der Waals surface area contributed by atoms with Gasteiger partial charge in [0, 0.05) is 40.6 Å². The summed E-state index contributed by atoms with van der Waals surface area (Å²) in [6, 6.07) is 0. The van der Waals surface area contributed by atoms with Crippen LogP contribution in [0.4, 0.5) is 0 Å². The minimum absolute atomic E-state index is 0.0246. The summed E-state index contributed by atoms with van der Waals surface area (Å²) in [6.07, 6.45) is 11.4. The molecule has 56 heavy (non-hydrogen) atoms. The van der Waals surface area contributed by atoms with Crippen molar-refractivity contribution in [3.63, 3.8) is 0 Å². The van der Waals surface area contributed by atoms with Crippen LogP contribution in [-0.2, 0) is 57.1 Å². The summed E-state index contributed by atoms with van der Waals surface area (Å²) < 4.78 is 38.7. The Morgan fingerprint density at radius 1 is 0.714 bits per heavy atom. The van der Waals surface area contributed by atoms with E-state index in [0.717, 1.165) is 19.4 Å². The molecule has 0 unspecified atom stereocenters. The number of methoxy groups -OCH3 is 3. The number of hydrogen-bond acceptors (Lipinski definition) is 14. The number of carbonyl (C=O) groups is 5. The lowest BCUT2D eigenvalue weighted by Gasteiger charge is -2.41. The predicted molar refractivity (Wildman–Crippen MR) is 201 cm³/mol. The molecule has 14 nitrogen and oxygen atoms in total. The average Bonchev–Trinajstić information content (AvgIpc) is 3.99. The van der Waals surface area contributed by atoms with Crippen molar-refractivity contribution < 1.29 is 67.3 Å². The Balaban J connectivity index is 0.000000161. The normalized spacial score (nSPS) is 41.6. The number of epoxide rings is 4. The molecule has 0 bridgehead atoms. The lowest BCUT2D eigenvalue weighted by atomic mass is 9.68. The van der Waals surface area contributed by atoms with Gasteiger partial charge in [0.05, 0.1) is 54.9 Å². The van der Waals surface area contributed by atoms with E-state index in [1.165, 1.54) is 44.1 Å². The van der Waals surface area contributed by atoms with E-state index in [1.54, 1.807) is 21.0 Å². The number of aliphatic hydroxyl groups is 2. The highest BCUT2D eigenvalue weighted by molar-refractivity contribution is 5.86. The number of rotatable bonds is 12. The minimum Gasteiger partial charge on any atom is -0.386 e. The van der Waals surface area contributed by atoms with Crippen LogP contribution in [0.5, 0.6) is 0 Å². The van der Waals surface area contributed by atoms with E-state index in [1.807, 2.05) is 0 Å². The van der Waals surface area contributed by atoms with Crippen molar-refractivity contribution in [2.45, 2.75) is 138 Å². The highest BCUT2D eigenvalue weighted by Gasteiger charge is 2.72. The maximum atomic E-state index is 12.2. The molecule has 0 amide bonds. The number of carbonyl (C=O) groups excluding carboxylic acids is 5. The summed E-state index contributed by atoms with van der Waals surface area (Å²) in [4.78, 5) is 56.7. The van der Waals surface area contributed by atoms with Gasteiger partial charge < -0.3 is 43.4 Å². The van der Waals surface area contributed by atoms with Crippen LogP contribution in [0.25, 0.3) is 0 Å². The van der Waals surface area contributed by atoms with Crippen molar-refractivity contribution in [2.24, 2.45) is 17.8 Å². The summed E-state index contributed by atoms with van der Waals surface area (Å²) in [7, 11) is 4.53. The molecule has 3 aliphatic carbocycles. The molecule has 2 N–H and O–H groups in total. The van der Waals surface area contributed by atoms with E-state index in [9.17, 15) is 34.2 Å². The molecule has 0 aromatic rings. The van der Waals surface area contributed by atoms with E-state index in [2.05, 4.69) is 26.8 Å². The van der Waals surface area contributed by atoms with Gasteiger partial charge in [-0.1, -0.05) is 11.6 Å². The third kappa shape index (κ3) is 8.93. The molecule has 312 valence electrons. The average molecular weight is 789 g/mol. The van der Waals surface area contributed by atoms with Crippen LogP contribution >= 0.6 is 0 Å². The molecule has 4 heterocycles. The first-order valence-electron chi connectivity index (χ1n) is 19.5. The SMILES string of the molecule is CO[C@@H]1C(=O)CC[C@]2(CO2)[C@H]1[C@@](C)(O)/C=C/C=O.CO[C@@H]1C(=O)CC[C@]2(CO2)[C@H]1[C@@](C)(O)/C=C/C=O.CO[C@@H]1C(=O)CC[C@]2(CO2)[C@H]1[C@@]1(C)O[C@@H]1CC=C(C)C. The second-order valence-corrected chi connectivity index (χ2v) is 17.1. The summed E-state index contributed by atoms with van der Waals surface area (Å²) in [5.41, 5.74) is -2.76. The summed E-state index contributed by atoms with van der Waals surface area (Å²) >= 11 is 0. The van der Waals surface area contributed by atoms with Gasteiger partial charge >= 0.3 is 0 Å². The third-order valence-corrected chi connectivity index (χ3v) is 12.9. The molecule has 0 aromatic heterocycles. The van der Waals surface area contributed by atoms with Crippen molar-refractivity contribution >= 4 is 29.9 Å². The standard InChI is InChI=1S/C16H24O4.2C13H18O5/c1-10(2)5-6-12-15(3,20-12)14-13(18-4)11(17)7-8-16(14)9-19-16;2*1-12(16,5-3-7-14)11-10(17-2)9(15)4-6-13(11)8-18-13/h5,12-14H,6-9H2,1-4H3;2*3,5,7,10-11,16H,4,6,8H2,1-2H3/b;2*5-3+/t12-,13-,14-,15+,16+;2*10-,11-,12+,13+/m111/s1. The first-order chi connectivity index (χ1) is 26.4. The first-order valence-corrected chi connectivity index (χ1v) is 19.5. The summed E-state index contributed by atoms with van der Waals surface area (Å²) in [5, 5.41) is 21.0. The number of aldehydes is 2. The van der Waals surface area contributed by atoms with Crippen LogP contribution < -0.4 is 0 Å². The van der Waals surface area contributed by atoms with E-state index in [0.29, 0.717) is 57.9 Å². The second kappa shape index (κ2) is 16.8. The van der Waals surface area contributed by atoms with Crippen LogP contribution in [0.1, 0.15) is 79.6 Å². The maximum absolute atomic E-state index is 12.2. The zero-order valence-electron chi connectivity index (χ0n) is 33.9. The highest BCUT2D eigenvalue weighted by atomic mass is 16.6. The number of hydrogen-bond donors (Lipinski definition) is 2. The zero-order chi connectivity index (χ0) is 41.3. The highest BCUT2D eigenvalue weighted by Crippen LogP contribution is 2.59. The number of Topliss-reactive ketones (excluding diaryl/α,β-unsaturated/α-hetero) is 3. The molecule has 0 radical (unpaired) electrons. The predicted octanol–water partition coefficient (Wildman–Crippen LogP) is 2.77. The lowest BCUT2D eigenvalue weighted by Crippen LogP contribution is -2.56. The molecule has 13 atom stereocenters. The Bertz CT molecular complexity index is 1500. The monoisotopic (exact) mass is 788 g/mol. The smallest absolute Gasteiger partial charge is 0.162 e. The third-order valence-electron chi connectivity index (χ3n) is 12.9. The molecular weight excluding hydrogens is 728 g/mol. The van der Waals surface area contributed by atoms with Crippen molar-refractivity contribution in [2.75, 3.05) is 41.2 Å². The Labute approximate surface area is 329 Å². The van der Waals surface area contributed by atoms with Crippen LogP contribution in [0.3, 0.4) is 0 Å². The molecule has 7 aliphatic rings. The molecule has 7 rings (SSSR count). The van der Waals surface area contributed by atoms with Crippen molar-refractivity contribution in [1.82, 2.24) is 0 Å². The van der Waals surface area contributed by atoms with Crippen LogP contribution in [-0.4, -0.2) is 139 Å². The Morgan fingerprint density at radius 3 is 1.43 bits per heavy atom. The van der Waals surface area contributed by atoms with Gasteiger partial charge in [-0.25, -0.2) is 0 Å². The molecule has 4 saturated heterocycles. The van der Waals surface area contributed by atoms with Crippen LogP contribution in [0, 0.1) is 17.8 Å². The maximum Gasteiger partial charge on any atom is 0.162 e. The Morgan fingerprint density at radius 2 is 1.09 bits per heavy atom. The Kier molecular flexibility index (Phi) is 13.3. The summed E-state index contributed by atoms with van der Waals surface area (Å²) in [6.45, 7) is 11.2. The molecule has 0 aromatic carbocycles. The van der Waals surface area contributed by atoms with Gasteiger partial charge in [0.25, 0.3) is 0 Å². The Hall–Kier alpha value is -2.79. The van der Waals surface area contributed by atoms with Gasteiger partial charge in [0.15, 0.2) is 17.3 Å². The van der Waals surface area contributed by atoms with Gasteiger partial charge in [-0.15, -0.1) is 0 Å². The van der Waals surface area contributed by atoms with E-state index in [-0.39, 0.29) is 46.7 Å². The van der Waals surface area contributed by atoms with Gasteiger partial charge in [0.2, 0.25) is 0 Å². The van der Waals surface area contributed by atoms with E-state index in [4.69, 9.17) is 33.2 Å². The molecule has 3 spiro atoms. The van der Waals surface area contributed by atoms with Gasteiger partial charge in [-0.05, 0) is 84.6 Å². The zero-order valence-corrected chi connectivity index (χ0v) is 33.9. The van der Waals surface area contributed by atoms with Gasteiger partial charge in [0.1, 0.15) is 53.3 Å². The quantitative estimate of drug-likeness (QED) is 0.126. The van der Waals surface area contributed by atoms with Crippen molar-refractivity contribution in [1.29, 1.82) is 0 Å².